The minimum atomic E-state index is -0.693. The van der Waals surface area contributed by atoms with Crippen molar-refractivity contribution in [1.82, 2.24) is 0 Å². The molecule has 2 rings (SSSR count). The molecule has 98 valence electrons. The van der Waals surface area contributed by atoms with Gasteiger partial charge >= 0.3 is 5.97 Å². The van der Waals surface area contributed by atoms with Crippen LogP contribution < -0.4 is 0 Å². The average molecular weight is 246 g/mol. The van der Waals surface area contributed by atoms with E-state index < -0.39 is 11.9 Å². The first-order valence-electron chi connectivity index (χ1n) is 5.68. The van der Waals surface area contributed by atoms with Gasteiger partial charge in [0.15, 0.2) is 5.79 Å². The van der Waals surface area contributed by atoms with Crippen LogP contribution >= 0.6 is 0 Å². The van der Waals surface area contributed by atoms with E-state index in [1.807, 2.05) is 13.8 Å². The lowest BCUT2D eigenvalue weighted by Crippen LogP contribution is -2.33. The van der Waals surface area contributed by atoms with Crippen molar-refractivity contribution < 1.29 is 28.8 Å². The predicted octanol–water partition coefficient (Wildman–Crippen LogP) is -0.171. The molecule has 2 fully saturated rings. The van der Waals surface area contributed by atoms with Crippen molar-refractivity contribution in [3.05, 3.63) is 0 Å². The minimum Gasteiger partial charge on any atom is -0.463 e. The SMILES string of the molecule is CC(=O)OC[C@@H]1O[C@H](CO)[C@H]2OC(C)(C)O[C@H]21. The molecule has 2 saturated heterocycles. The lowest BCUT2D eigenvalue weighted by molar-refractivity contribution is -0.195. The average Bonchev–Trinajstić information content (AvgIpc) is 2.68. The Kier molecular flexibility index (Phi) is 3.40. The molecule has 0 aromatic heterocycles. The zero-order valence-electron chi connectivity index (χ0n) is 10.2. The molecule has 0 saturated carbocycles. The summed E-state index contributed by atoms with van der Waals surface area (Å²) in [5.41, 5.74) is 0. The van der Waals surface area contributed by atoms with Gasteiger partial charge in [0.05, 0.1) is 6.61 Å². The second kappa shape index (κ2) is 4.53. The van der Waals surface area contributed by atoms with E-state index in [9.17, 15) is 9.90 Å². The molecule has 0 aromatic carbocycles. The van der Waals surface area contributed by atoms with Crippen molar-refractivity contribution in [2.45, 2.75) is 51.0 Å². The van der Waals surface area contributed by atoms with Crippen molar-refractivity contribution in [1.29, 1.82) is 0 Å². The molecule has 0 unspecified atom stereocenters. The summed E-state index contributed by atoms with van der Waals surface area (Å²) in [7, 11) is 0. The van der Waals surface area contributed by atoms with Crippen molar-refractivity contribution in [2.24, 2.45) is 0 Å². The first kappa shape index (κ1) is 12.8. The van der Waals surface area contributed by atoms with E-state index in [1.54, 1.807) is 0 Å². The third-order valence-electron chi connectivity index (χ3n) is 2.88. The van der Waals surface area contributed by atoms with Crippen molar-refractivity contribution in [2.75, 3.05) is 13.2 Å². The summed E-state index contributed by atoms with van der Waals surface area (Å²) in [5, 5.41) is 9.21. The van der Waals surface area contributed by atoms with E-state index in [-0.39, 0.29) is 37.5 Å². The standard InChI is InChI=1S/C11H18O6/c1-6(13)14-5-8-10-9(7(4-12)15-8)16-11(2,3)17-10/h7-10,12H,4-5H2,1-3H3/t7-,8+,9-,10+/m1/s1. The van der Waals surface area contributed by atoms with Crippen molar-refractivity contribution >= 4 is 5.97 Å². The highest BCUT2D eigenvalue weighted by Gasteiger charge is 2.55. The van der Waals surface area contributed by atoms with Gasteiger partial charge in [0.1, 0.15) is 31.0 Å². The zero-order chi connectivity index (χ0) is 12.6. The smallest absolute Gasteiger partial charge is 0.302 e. The molecule has 0 radical (unpaired) electrons. The fourth-order valence-electron chi connectivity index (χ4n) is 2.25. The highest BCUT2D eigenvalue weighted by Crippen LogP contribution is 2.38. The number of carbonyl (C=O) groups is 1. The Morgan fingerprint density at radius 1 is 1.29 bits per heavy atom. The fourth-order valence-corrected chi connectivity index (χ4v) is 2.25. The summed E-state index contributed by atoms with van der Waals surface area (Å²) in [5.74, 6) is -1.06. The molecule has 0 amide bonds. The minimum absolute atomic E-state index is 0.118. The second-order valence-electron chi connectivity index (χ2n) is 4.76. The van der Waals surface area contributed by atoms with Crippen LogP contribution in [0.25, 0.3) is 0 Å². The normalized spacial score (nSPS) is 39.1. The molecule has 0 bridgehead atoms. The molecule has 6 nitrogen and oxygen atoms in total. The van der Waals surface area contributed by atoms with Gasteiger partial charge in [0, 0.05) is 6.92 Å². The monoisotopic (exact) mass is 246 g/mol. The Bertz CT molecular complexity index is 302. The number of aliphatic hydroxyl groups is 1. The molecule has 4 atom stereocenters. The van der Waals surface area contributed by atoms with E-state index in [0.717, 1.165) is 0 Å². The molecule has 0 spiro atoms. The van der Waals surface area contributed by atoms with Gasteiger partial charge < -0.3 is 24.1 Å². The van der Waals surface area contributed by atoms with Gasteiger partial charge in [-0.2, -0.15) is 0 Å². The van der Waals surface area contributed by atoms with Crippen LogP contribution in [-0.4, -0.2) is 54.5 Å². The maximum absolute atomic E-state index is 10.8. The topological polar surface area (TPSA) is 74.2 Å². The van der Waals surface area contributed by atoms with Crippen LogP contribution in [0.5, 0.6) is 0 Å². The summed E-state index contributed by atoms with van der Waals surface area (Å²) in [6.45, 7) is 4.93. The van der Waals surface area contributed by atoms with Gasteiger partial charge in [0.2, 0.25) is 0 Å². The van der Waals surface area contributed by atoms with Crippen LogP contribution in [0.15, 0.2) is 0 Å². The van der Waals surface area contributed by atoms with Gasteiger partial charge in [-0.15, -0.1) is 0 Å². The molecule has 6 heteroatoms. The summed E-state index contributed by atoms with van der Waals surface area (Å²) >= 11 is 0. The number of ether oxygens (including phenoxy) is 4. The quantitative estimate of drug-likeness (QED) is 0.697. The summed E-state index contributed by atoms with van der Waals surface area (Å²) < 4.78 is 21.8. The number of esters is 1. The summed E-state index contributed by atoms with van der Waals surface area (Å²) in [6.07, 6.45) is -1.43. The van der Waals surface area contributed by atoms with Gasteiger partial charge in [-0.05, 0) is 13.8 Å². The van der Waals surface area contributed by atoms with Crippen molar-refractivity contribution in [3.8, 4) is 0 Å². The lowest BCUT2D eigenvalue weighted by Gasteiger charge is -2.23. The van der Waals surface area contributed by atoms with Crippen LogP contribution in [0.1, 0.15) is 20.8 Å². The maximum Gasteiger partial charge on any atom is 0.302 e. The van der Waals surface area contributed by atoms with E-state index >= 15 is 0 Å². The van der Waals surface area contributed by atoms with Gasteiger partial charge in [-0.1, -0.05) is 0 Å². The number of carbonyl (C=O) groups excluding carboxylic acids is 1. The van der Waals surface area contributed by atoms with E-state index in [1.165, 1.54) is 6.92 Å². The van der Waals surface area contributed by atoms with Gasteiger partial charge in [-0.25, -0.2) is 0 Å². The molecule has 2 heterocycles. The first-order chi connectivity index (χ1) is 7.93. The molecule has 17 heavy (non-hydrogen) atoms. The van der Waals surface area contributed by atoms with Crippen molar-refractivity contribution in [3.63, 3.8) is 0 Å². The van der Waals surface area contributed by atoms with E-state index in [2.05, 4.69) is 0 Å². The molecule has 0 aromatic rings. The van der Waals surface area contributed by atoms with Crippen LogP contribution in [0.2, 0.25) is 0 Å². The zero-order valence-corrected chi connectivity index (χ0v) is 10.2. The highest BCUT2D eigenvalue weighted by molar-refractivity contribution is 5.65. The van der Waals surface area contributed by atoms with E-state index in [4.69, 9.17) is 18.9 Å². The Hall–Kier alpha value is -0.690. The van der Waals surface area contributed by atoms with Crippen LogP contribution in [-0.2, 0) is 23.7 Å². The van der Waals surface area contributed by atoms with Crippen LogP contribution in [0, 0.1) is 0 Å². The van der Waals surface area contributed by atoms with Crippen LogP contribution in [0.3, 0.4) is 0 Å². The fraction of sp³-hybridized carbons (Fsp3) is 0.909. The maximum atomic E-state index is 10.8. The number of fused-ring (bicyclic) bond motifs is 1. The number of aliphatic hydroxyl groups excluding tert-OH is 1. The molecule has 0 aliphatic carbocycles. The van der Waals surface area contributed by atoms with Gasteiger partial charge in [0.25, 0.3) is 0 Å². The third-order valence-corrected chi connectivity index (χ3v) is 2.88. The molecule has 1 N–H and O–H groups in total. The van der Waals surface area contributed by atoms with Crippen LogP contribution in [0.4, 0.5) is 0 Å². The number of hydrogen-bond acceptors (Lipinski definition) is 6. The highest BCUT2D eigenvalue weighted by atomic mass is 16.8. The second-order valence-corrected chi connectivity index (χ2v) is 4.76. The first-order valence-corrected chi connectivity index (χ1v) is 5.68. The Balaban J connectivity index is 2.02. The molecular formula is C11H18O6. The van der Waals surface area contributed by atoms with E-state index in [0.29, 0.717) is 0 Å². The van der Waals surface area contributed by atoms with Gasteiger partial charge in [-0.3, -0.25) is 4.79 Å². The molecular weight excluding hydrogens is 228 g/mol. The Labute approximate surface area is 99.8 Å². The predicted molar refractivity (Wildman–Crippen MR) is 56.2 cm³/mol. The molecule has 2 aliphatic heterocycles. The summed E-state index contributed by atoms with van der Waals surface area (Å²) in [6, 6.07) is 0. The number of rotatable bonds is 3. The largest absolute Gasteiger partial charge is 0.463 e. The lowest BCUT2D eigenvalue weighted by atomic mass is 10.1. The number of hydrogen-bond donors (Lipinski definition) is 1. The molecule has 2 aliphatic rings. The Morgan fingerprint density at radius 3 is 2.41 bits per heavy atom. The third kappa shape index (κ3) is 2.60. The summed E-state index contributed by atoms with van der Waals surface area (Å²) in [4.78, 5) is 10.8. The Morgan fingerprint density at radius 2 is 1.88 bits per heavy atom.